The minimum atomic E-state index is 0.213. The van der Waals surface area contributed by atoms with Crippen molar-refractivity contribution >= 4 is 5.78 Å². The summed E-state index contributed by atoms with van der Waals surface area (Å²) in [7, 11) is 0. The smallest absolute Gasteiger partial charge is 0.132 e. The van der Waals surface area contributed by atoms with Gasteiger partial charge in [-0.3, -0.25) is 4.79 Å². The molecule has 0 bridgehead atoms. The highest BCUT2D eigenvalue weighted by atomic mass is 16.2. The minimum Gasteiger partial charge on any atom is -0.397 e. The zero-order valence-corrected chi connectivity index (χ0v) is 6.64. The first-order chi connectivity index (χ1) is 4.06. The molecule has 0 heterocycles. The lowest BCUT2D eigenvalue weighted by Crippen LogP contribution is -1.98. The first-order valence-corrected chi connectivity index (χ1v) is 3.17. The summed E-state index contributed by atoms with van der Waals surface area (Å²) in [5.41, 5.74) is 0. The van der Waals surface area contributed by atoms with Crippen LogP contribution in [-0.4, -0.2) is 17.5 Å². The second kappa shape index (κ2) is 7.63. The standard InChI is InChI=1S/C5H10O.C2H6O/c1-4(2)5(3)6;1-2-3/h4H,1-3H3;3H,2H2,1H3. The van der Waals surface area contributed by atoms with Crippen molar-refractivity contribution in [3.05, 3.63) is 0 Å². The fraction of sp³-hybridized carbons (Fsp3) is 0.857. The average Bonchev–Trinajstić information content (AvgIpc) is 1.68. The number of Topliss-reactive ketones (excluding diaryl/α,β-unsaturated/α-hetero) is 1. The SMILES string of the molecule is CC(=O)C(C)C.CCO. The molecule has 56 valence electrons. The number of rotatable bonds is 1. The fourth-order valence-corrected chi connectivity index (χ4v) is 0. The largest absolute Gasteiger partial charge is 0.397 e. The van der Waals surface area contributed by atoms with Crippen LogP contribution >= 0.6 is 0 Å². The normalized spacial score (nSPS) is 8.22. The number of carbonyl (C=O) groups is 1. The molecule has 0 aliphatic rings. The molecule has 0 saturated carbocycles. The van der Waals surface area contributed by atoms with Crippen LogP contribution in [-0.2, 0) is 4.79 Å². The van der Waals surface area contributed by atoms with Gasteiger partial charge in [0.1, 0.15) is 5.78 Å². The lowest BCUT2D eigenvalue weighted by atomic mass is 10.1. The summed E-state index contributed by atoms with van der Waals surface area (Å²) in [6.45, 7) is 7.31. The monoisotopic (exact) mass is 132 g/mol. The maximum absolute atomic E-state index is 10.1. The van der Waals surface area contributed by atoms with Gasteiger partial charge in [-0.25, -0.2) is 0 Å². The fourth-order valence-electron chi connectivity index (χ4n) is 0. The highest BCUT2D eigenvalue weighted by Gasteiger charge is 1.94. The Morgan fingerprint density at radius 2 is 1.67 bits per heavy atom. The van der Waals surface area contributed by atoms with Gasteiger partial charge in [0.25, 0.3) is 0 Å². The van der Waals surface area contributed by atoms with Crippen LogP contribution in [0.3, 0.4) is 0 Å². The lowest BCUT2D eigenvalue weighted by Gasteiger charge is -1.90. The molecule has 0 aliphatic heterocycles. The van der Waals surface area contributed by atoms with Crippen LogP contribution in [0.25, 0.3) is 0 Å². The molecule has 0 radical (unpaired) electrons. The van der Waals surface area contributed by atoms with Crippen molar-refractivity contribution in [1.82, 2.24) is 0 Å². The van der Waals surface area contributed by atoms with Gasteiger partial charge in [0.05, 0.1) is 0 Å². The van der Waals surface area contributed by atoms with E-state index in [2.05, 4.69) is 0 Å². The van der Waals surface area contributed by atoms with Crippen LogP contribution in [0.5, 0.6) is 0 Å². The number of carbonyl (C=O) groups excluding carboxylic acids is 1. The Balaban J connectivity index is 0. The summed E-state index contributed by atoms with van der Waals surface area (Å²) in [6.07, 6.45) is 0. The second-order valence-corrected chi connectivity index (χ2v) is 2.08. The Labute approximate surface area is 56.9 Å². The van der Waals surface area contributed by atoms with E-state index in [1.807, 2.05) is 13.8 Å². The van der Waals surface area contributed by atoms with Gasteiger partial charge < -0.3 is 5.11 Å². The Morgan fingerprint density at radius 3 is 1.67 bits per heavy atom. The molecule has 1 N–H and O–H groups in total. The van der Waals surface area contributed by atoms with Crippen LogP contribution < -0.4 is 0 Å². The lowest BCUT2D eigenvalue weighted by molar-refractivity contribution is -0.119. The van der Waals surface area contributed by atoms with E-state index in [-0.39, 0.29) is 18.3 Å². The van der Waals surface area contributed by atoms with Crippen molar-refractivity contribution in [3.8, 4) is 0 Å². The van der Waals surface area contributed by atoms with E-state index in [0.717, 1.165) is 0 Å². The van der Waals surface area contributed by atoms with Crippen molar-refractivity contribution < 1.29 is 9.90 Å². The van der Waals surface area contributed by atoms with Crippen molar-refractivity contribution in [2.24, 2.45) is 5.92 Å². The second-order valence-electron chi connectivity index (χ2n) is 2.08. The molecule has 0 aromatic heterocycles. The van der Waals surface area contributed by atoms with Gasteiger partial charge in [0.2, 0.25) is 0 Å². The van der Waals surface area contributed by atoms with E-state index in [1.165, 1.54) is 0 Å². The summed E-state index contributed by atoms with van der Waals surface area (Å²) in [5.74, 6) is 0.472. The van der Waals surface area contributed by atoms with Gasteiger partial charge in [-0.15, -0.1) is 0 Å². The predicted octanol–water partition coefficient (Wildman–Crippen LogP) is 1.23. The van der Waals surface area contributed by atoms with Crippen molar-refractivity contribution in [1.29, 1.82) is 0 Å². The third kappa shape index (κ3) is 18.4. The van der Waals surface area contributed by atoms with Gasteiger partial charge in [-0.05, 0) is 13.8 Å². The molecular formula is C7H16O2. The van der Waals surface area contributed by atoms with Gasteiger partial charge >= 0.3 is 0 Å². The molecule has 0 saturated heterocycles. The van der Waals surface area contributed by atoms with Crippen molar-refractivity contribution in [3.63, 3.8) is 0 Å². The molecule has 0 fully saturated rings. The van der Waals surface area contributed by atoms with Crippen LogP contribution in [0, 0.1) is 5.92 Å². The van der Waals surface area contributed by atoms with E-state index < -0.39 is 0 Å². The third-order valence-corrected chi connectivity index (χ3v) is 0.813. The highest BCUT2D eigenvalue weighted by molar-refractivity contribution is 5.77. The Hall–Kier alpha value is -0.370. The van der Waals surface area contributed by atoms with Crippen molar-refractivity contribution in [2.75, 3.05) is 6.61 Å². The Bertz CT molecular complexity index is 67.3. The zero-order valence-electron chi connectivity index (χ0n) is 6.64. The summed E-state index contributed by atoms with van der Waals surface area (Å²) >= 11 is 0. The molecule has 0 unspecified atom stereocenters. The topological polar surface area (TPSA) is 37.3 Å². The number of hydrogen-bond donors (Lipinski definition) is 1. The van der Waals surface area contributed by atoms with E-state index in [4.69, 9.17) is 5.11 Å². The van der Waals surface area contributed by atoms with Gasteiger partial charge in [-0.1, -0.05) is 13.8 Å². The number of ketones is 1. The zero-order chi connectivity index (χ0) is 7.86. The Morgan fingerprint density at radius 1 is 1.56 bits per heavy atom. The molecule has 2 heteroatoms. The molecule has 2 nitrogen and oxygen atoms in total. The minimum absolute atomic E-state index is 0.213. The van der Waals surface area contributed by atoms with Crippen molar-refractivity contribution in [2.45, 2.75) is 27.7 Å². The van der Waals surface area contributed by atoms with E-state index in [1.54, 1.807) is 13.8 Å². The number of aliphatic hydroxyl groups is 1. The number of aliphatic hydroxyl groups excluding tert-OH is 1. The van der Waals surface area contributed by atoms with E-state index >= 15 is 0 Å². The first kappa shape index (κ1) is 11.4. The highest BCUT2D eigenvalue weighted by Crippen LogP contribution is 1.89. The summed E-state index contributed by atoms with van der Waals surface area (Å²) < 4.78 is 0. The van der Waals surface area contributed by atoms with E-state index in [0.29, 0.717) is 0 Å². The summed E-state index contributed by atoms with van der Waals surface area (Å²) in [6, 6.07) is 0. The quantitative estimate of drug-likeness (QED) is 0.582. The van der Waals surface area contributed by atoms with Crippen LogP contribution in [0.1, 0.15) is 27.7 Å². The van der Waals surface area contributed by atoms with Gasteiger partial charge in [-0.2, -0.15) is 0 Å². The predicted molar refractivity (Wildman–Crippen MR) is 38.3 cm³/mol. The molecule has 0 atom stereocenters. The summed E-state index contributed by atoms with van der Waals surface area (Å²) in [5, 5.41) is 7.57. The number of hydrogen-bond acceptors (Lipinski definition) is 2. The summed E-state index contributed by atoms with van der Waals surface area (Å²) in [4.78, 5) is 10.1. The third-order valence-electron chi connectivity index (χ3n) is 0.813. The molecule has 9 heavy (non-hydrogen) atoms. The molecule has 0 amide bonds. The molecule has 0 aromatic carbocycles. The molecule has 0 spiro atoms. The maximum atomic E-state index is 10.1. The van der Waals surface area contributed by atoms with Crippen LogP contribution in [0.4, 0.5) is 0 Å². The molecule has 0 aliphatic carbocycles. The molecule has 0 aromatic rings. The van der Waals surface area contributed by atoms with Crippen LogP contribution in [0.2, 0.25) is 0 Å². The van der Waals surface area contributed by atoms with Gasteiger partial charge in [0, 0.05) is 12.5 Å². The van der Waals surface area contributed by atoms with Gasteiger partial charge in [0.15, 0.2) is 0 Å². The molecular weight excluding hydrogens is 116 g/mol. The average molecular weight is 132 g/mol. The van der Waals surface area contributed by atoms with Crippen LogP contribution in [0.15, 0.2) is 0 Å². The Kier molecular flexibility index (Phi) is 9.69. The molecule has 0 rings (SSSR count). The maximum Gasteiger partial charge on any atom is 0.132 e. The van der Waals surface area contributed by atoms with E-state index in [9.17, 15) is 4.79 Å². The first-order valence-electron chi connectivity index (χ1n) is 3.17.